The van der Waals surface area contributed by atoms with Crippen LogP contribution in [0.15, 0.2) is 58.0 Å². The molecule has 1 aliphatic heterocycles. The number of ether oxygens (including phenoxy) is 1. The van der Waals surface area contributed by atoms with Gasteiger partial charge in [0.1, 0.15) is 17.3 Å². The van der Waals surface area contributed by atoms with E-state index < -0.39 is 10.0 Å². The monoisotopic (exact) mass is 427 g/mol. The van der Waals surface area contributed by atoms with Crippen LogP contribution in [0.1, 0.15) is 35.2 Å². The molecule has 9 heteroatoms. The summed E-state index contributed by atoms with van der Waals surface area (Å²) in [7, 11) is -3.87. The number of nitrogens with one attached hydrogen (secondary N) is 1. The Morgan fingerprint density at radius 2 is 1.97 bits per heavy atom. The molecular weight excluding hydrogens is 406 g/mol. The van der Waals surface area contributed by atoms with Gasteiger partial charge in [0.05, 0.1) is 17.0 Å². The Labute approximate surface area is 174 Å². The maximum Gasteiger partial charge on any atom is 0.263 e. The number of hydrogen-bond acceptors (Lipinski definition) is 6. The topological polar surface area (TPSA) is 102 Å². The molecule has 3 aromatic rings. The second-order valence-electron chi connectivity index (χ2n) is 6.88. The van der Waals surface area contributed by atoms with E-state index in [-0.39, 0.29) is 28.7 Å². The molecule has 156 valence electrons. The zero-order chi connectivity index (χ0) is 21.3. The third-order valence-electron chi connectivity index (χ3n) is 4.64. The fraction of sp³-hybridized carbons (Fsp3) is 0.238. The van der Waals surface area contributed by atoms with Crippen molar-refractivity contribution in [3.05, 3.63) is 65.7 Å². The fourth-order valence-corrected chi connectivity index (χ4v) is 4.24. The third-order valence-corrected chi connectivity index (χ3v) is 6.04. The van der Waals surface area contributed by atoms with Crippen molar-refractivity contribution in [3.8, 4) is 11.5 Å². The van der Waals surface area contributed by atoms with Crippen LogP contribution in [0.25, 0.3) is 0 Å². The van der Waals surface area contributed by atoms with Gasteiger partial charge < -0.3 is 9.15 Å². The van der Waals surface area contributed by atoms with E-state index in [1.54, 1.807) is 37.4 Å². The maximum absolute atomic E-state index is 13.2. The predicted molar refractivity (Wildman–Crippen MR) is 110 cm³/mol. The Bertz CT molecular complexity index is 1200. The Kier molecular flexibility index (Phi) is 5.31. The first-order chi connectivity index (χ1) is 14.4. The average Bonchev–Trinajstić information content (AvgIpc) is 3.11. The number of sulfonamides is 1. The highest BCUT2D eigenvalue weighted by atomic mass is 32.2. The molecule has 30 heavy (non-hydrogen) atoms. The van der Waals surface area contributed by atoms with Gasteiger partial charge in [-0.05, 0) is 55.8 Å². The number of fused-ring (bicyclic) bond motifs is 2. The van der Waals surface area contributed by atoms with Crippen molar-refractivity contribution in [3.63, 3.8) is 0 Å². The standard InChI is InChI=1S/C21H21N3O5S/c1-3-11-24-20-19(5-4-10-22-20)29-18-9-8-16(12-17(18)21(24)25)30(26,27)23-13-15-7-6-14(2)28-15/h4-10,12,23H,3,11,13H2,1-2H3. The second kappa shape index (κ2) is 7.92. The molecule has 0 unspecified atom stereocenters. The molecule has 3 heterocycles. The largest absolute Gasteiger partial charge is 0.465 e. The predicted octanol–water partition coefficient (Wildman–Crippen LogP) is 3.62. The minimum absolute atomic E-state index is 0.00895. The highest BCUT2D eigenvalue weighted by Crippen LogP contribution is 2.38. The van der Waals surface area contributed by atoms with Crippen molar-refractivity contribution in [2.75, 3.05) is 11.4 Å². The van der Waals surface area contributed by atoms with Crippen LogP contribution >= 0.6 is 0 Å². The Morgan fingerprint density at radius 1 is 1.13 bits per heavy atom. The molecule has 0 bridgehead atoms. The van der Waals surface area contributed by atoms with Crippen molar-refractivity contribution in [2.45, 2.75) is 31.7 Å². The van der Waals surface area contributed by atoms with Crippen LogP contribution in [-0.4, -0.2) is 25.9 Å². The zero-order valence-corrected chi connectivity index (χ0v) is 17.4. The number of amides is 1. The number of aromatic nitrogens is 1. The minimum Gasteiger partial charge on any atom is -0.465 e. The summed E-state index contributed by atoms with van der Waals surface area (Å²) in [5, 5.41) is 0. The van der Waals surface area contributed by atoms with E-state index in [2.05, 4.69) is 9.71 Å². The molecule has 1 aliphatic rings. The van der Waals surface area contributed by atoms with Gasteiger partial charge in [-0.2, -0.15) is 0 Å². The molecule has 0 atom stereocenters. The van der Waals surface area contributed by atoms with Gasteiger partial charge in [-0.15, -0.1) is 0 Å². The summed E-state index contributed by atoms with van der Waals surface area (Å²) in [5.41, 5.74) is 0.165. The van der Waals surface area contributed by atoms with Crippen molar-refractivity contribution in [1.29, 1.82) is 0 Å². The van der Waals surface area contributed by atoms with Crippen molar-refractivity contribution >= 4 is 21.7 Å². The molecule has 0 saturated carbocycles. The molecule has 0 radical (unpaired) electrons. The van der Waals surface area contributed by atoms with Gasteiger partial charge in [0.15, 0.2) is 11.6 Å². The lowest BCUT2D eigenvalue weighted by Crippen LogP contribution is -2.32. The van der Waals surface area contributed by atoms with Gasteiger partial charge in [-0.1, -0.05) is 6.92 Å². The van der Waals surface area contributed by atoms with Gasteiger partial charge in [-0.25, -0.2) is 18.1 Å². The SMILES string of the molecule is CCCN1C(=O)c2cc(S(=O)(=O)NCc3ccc(C)o3)ccc2Oc2cccnc21. The fourth-order valence-electron chi connectivity index (χ4n) is 3.22. The van der Waals surface area contributed by atoms with E-state index in [1.165, 1.54) is 23.1 Å². The molecule has 0 fully saturated rings. The number of benzene rings is 1. The number of aryl methyl sites for hydroxylation is 1. The Hall–Kier alpha value is -3.17. The third kappa shape index (κ3) is 3.81. The maximum atomic E-state index is 13.2. The lowest BCUT2D eigenvalue weighted by molar-refractivity contribution is 0.0986. The molecule has 0 saturated heterocycles. The first-order valence-corrected chi connectivity index (χ1v) is 11.0. The normalized spacial score (nSPS) is 13.4. The highest BCUT2D eigenvalue weighted by molar-refractivity contribution is 7.89. The van der Waals surface area contributed by atoms with Gasteiger partial charge >= 0.3 is 0 Å². The molecule has 1 aromatic carbocycles. The first-order valence-electron chi connectivity index (χ1n) is 9.53. The van der Waals surface area contributed by atoms with Crippen LogP contribution in [0.5, 0.6) is 11.5 Å². The summed E-state index contributed by atoms with van der Waals surface area (Å²) in [5.74, 6) is 1.98. The van der Waals surface area contributed by atoms with E-state index >= 15 is 0 Å². The van der Waals surface area contributed by atoms with Crippen LogP contribution in [-0.2, 0) is 16.6 Å². The van der Waals surface area contributed by atoms with Gasteiger partial charge in [0, 0.05) is 12.7 Å². The summed E-state index contributed by atoms with van der Waals surface area (Å²) >= 11 is 0. The van der Waals surface area contributed by atoms with E-state index in [0.29, 0.717) is 36.1 Å². The van der Waals surface area contributed by atoms with Gasteiger partial charge in [-0.3, -0.25) is 9.69 Å². The van der Waals surface area contributed by atoms with Gasteiger partial charge in [0.2, 0.25) is 10.0 Å². The lowest BCUT2D eigenvalue weighted by Gasteiger charge is -2.19. The van der Waals surface area contributed by atoms with Gasteiger partial charge in [0.25, 0.3) is 5.91 Å². The van der Waals surface area contributed by atoms with Crippen LogP contribution in [0, 0.1) is 6.92 Å². The smallest absolute Gasteiger partial charge is 0.263 e. The number of rotatable bonds is 6. The number of nitrogens with zero attached hydrogens (tertiary/aromatic N) is 2. The Balaban J connectivity index is 1.68. The second-order valence-corrected chi connectivity index (χ2v) is 8.65. The quantitative estimate of drug-likeness (QED) is 0.645. The summed E-state index contributed by atoms with van der Waals surface area (Å²) in [6.45, 7) is 4.17. The number of carbonyl (C=O) groups excluding carboxylic acids is 1. The molecule has 0 aliphatic carbocycles. The number of hydrogen-bond donors (Lipinski definition) is 1. The molecule has 4 rings (SSSR count). The van der Waals surface area contributed by atoms with E-state index in [0.717, 1.165) is 0 Å². The van der Waals surface area contributed by atoms with Crippen molar-refractivity contribution in [1.82, 2.24) is 9.71 Å². The average molecular weight is 427 g/mol. The van der Waals surface area contributed by atoms with Crippen LogP contribution in [0.2, 0.25) is 0 Å². The molecule has 1 amide bonds. The number of anilines is 1. The van der Waals surface area contributed by atoms with Crippen molar-refractivity contribution < 1.29 is 22.4 Å². The number of carbonyl (C=O) groups is 1. The number of pyridine rings is 1. The molecule has 1 N–H and O–H groups in total. The Morgan fingerprint density at radius 3 is 2.70 bits per heavy atom. The summed E-state index contributed by atoms with van der Waals surface area (Å²) in [4.78, 5) is 19.0. The summed E-state index contributed by atoms with van der Waals surface area (Å²) in [6, 6.07) is 11.2. The van der Waals surface area contributed by atoms with E-state index in [4.69, 9.17) is 9.15 Å². The summed E-state index contributed by atoms with van der Waals surface area (Å²) < 4.78 is 39.4. The highest BCUT2D eigenvalue weighted by Gasteiger charge is 2.30. The molecule has 0 spiro atoms. The number of furan rings is 1. The molecule has 2 aromatic heterocycles. The molecule has 8 nitrogen and oxygen atoms in total. The minimum atomic E-state index is -3.87. The van der Waals surface area contributed by atoms with Crippen molar-refractivity contribution in [2.24, 2.45) is 0 Å². The van der Waals surface area contributed by atoms with Crippen LogP contribution in [0.4, 0.5) is 5.82 Å². The lowest BCUT2D eigenvalue weighted by atomic mass is 10.1. The first kappa shape index (κ1) is 20.1. The zero-order valence-electron chi connectivity index (χ0n) is 16.6. The summed E-state index contributed by atoms with van der Waals surface area (Å²) in [6.07, 6.45) is 2.30. The van der Waals surface area contributed by atoms with Crippen LogP contribution in [0.3, 0.4) is 0 Å². The van der Waals surface area contributed by atoms with E-state index in [9.17, 15) is 13.2 Å². The molecular formula is C21H21N3O5S. The van der Waals surface area contributed by atoms with Crippen LogP contribution < -0.4 is 14.4 Å². The van der Waals surface area contributed by atoms with E-state index in [1.807, 2.05) is 6.92 Å².